The van der Waals surface area contributed by atoms with Gasteiger partial charge in [-0.05, 0) is 26.3 Å². The Balaban J connectivity index is 2.34. The van der Waals surface area contributed by atoms with Crippen LogP contribution in [0.3, 0.4) is 0 Å². The van der Waals surface area contributed by atoms with Crippen molar-refractivity contribution in [3.05, 3.63) is 27.9 Å². The lowest BCUT2D eigenvalue weighted by atomic mass is 9.93. The van der Waals surface area contributed by atoms with Crippen molar-refractivity contribution in [3.63, 3.8) is 0 Å². The van der Waals surface area contributed by atoms with Crippen molar-refractivity contribution in [2.45, 2.75) is 64.5 Å². The summed E-state index contributed by atoms with van der Waals surface area (Å²) in [4.78, 5) is 19.6. The zero-order valence-corrected chi connectivity index (χ0v) is 13.2. The monoisotopic (exact) mass is 293 g/mol. The van der Waals surface area contributed by atoms with Crippen molar-refractivity contribution in [3.8, 4) is 0 Å². The van der Waals surface area contributed by atoms with Crippen LogP contribution in [0.15, 0.2) is 10.9 Å². The molecule has 2 rings (SSSR count). The average molecular weight is 293 g/mol. The molecule has 1 fully saturated rings. The summed E-state index contributed by atoms with van der Waals surface area (Å²) in [5.74, 6) is 0.714. The summed E-state index contributed by atoms with van der Waals surface area (Å²) in [6, 6.07) is 1.57. The second kappa shape index (κ2) is 7.71. The van der Waals surface area contributed by atoms with Crippen LogP contribution in [0.1, 0.15) is 63.9 Å². The third-order valence-corrected chi connectivity index (χ3v) is 4.11. The Bertz CT molecular complexity index is 491. The molecule has 0 atom stereocenters. The maximum Gasteiger partial charge on any atom is 0.251 e. The Kier molecular flexibility index (Phi) is 5.94. The van der Waals surface area contributed by atoms with E-state index in [1.807, 2.05) is 13.8 Å². The molecule has 118 valence electrons. The number of hydrogen-bond acceptors (Lipinski definition) is 4. The fraction of sp³-hybridized carbons (Fsp3) is 0.750. The summed E-state index contributed by atoms with van der Waals surface area (Å²) >= 11 is 0. The quantitative estimate of drug-likeness (QED) is 0.791. The van der Waals surface area contributed by atoms with E-state index in [9.17, 15) is 4.79 Å². The Morgan fingerprint density at radius 3 is 2.62 bits per heavy atom. The number of H-pyrrole nitrogens is 1. The molecular formula is C16H27N3O2. The predicted octanol–water partition coefficient (Wildman–Crippen LogP) is 2.47. The van der Waals surface area contributed by atoms with E-state index in [1.165, 1.54) is 12.8 Å². The van der Waals surface area contributed by atoms with Gasteiger partial charge in [0, 0.05) is 19.2 Å². The summed E-state index contributed by atoms with van der Waals surface area (Å²) in [5, 5.41) is 3.22. The number of nitrogens with one attached hydrogen (secondary N) is 2. The third kappa shape index (κ3) is 4.14. The maximum atomic E-state index is 12.0. The van der Waals surface area contributed by atoms with Crippen molar-refractivity contribution in [2.75, 3.05) is 13.2 Å². The first kappa shape index (κ1) is 16.2. The fourth-order valence-corrected chi connectivity index (χ4v) is 3.09. The van der Waals surface area contributed by atoms with Gasteiger partial charge in [-0.3, -0.25) is 4.79 Å². The minimum atomic E-state index is -0.410. The summed E-state index contributed by atoms with van der Waals surface area (Å²) in [6.45, 7) is 6.17. The first-order valence-corrected chi connectivity index (χ1v) is 8.15. The van der Waals surface area contributed by atoms with Crippen LogP contribution < -0.4 is 10.9 Å². The molecule has 1 saturated carbocycles. The van der Waals surface area contributed by atoms with Gasteiger partial charge < -0.3 is 15.0 Å². The highest BCUT2D eigenvalue weighted by Gasteiger charge is 2.36. The van der Waals surface area contributed by atoms with Crippen LogP contribution in [0.4, 0.5) is 0 Å². The first-order chi connectivity index (χ1) is 10.2. The van der Waals surface area contributed by atoms with Crippen LogP contribution in [-0.4, -0.2) is 23.1 Å². The summed E-state index contributed by atoms with van der Waals surface area (Å²) in [6.07, 6.45) is 6.59. The van der Waals surface area contributed by atoms with Crippen molar-refractivity contribution in [1.82, 2.24) is 15.3 Å². The van der Waals surface area contributed by atoms with Crippen LogP contribution in [0, 0.1) is 0 Å². The molecule has 21 heavy (non-hydrogen) atoms. The molecule has 0 saturated heterocycles. The molecule has 0 aliphatic heterocycles. The highest BCUT2D eigenvalue weighted by Crippen LogP contribution is 2.37. The van der Waals surface area contributed by atoms with Crippen molar-refractivity contribution >= 4 is 0 Å². The summed E-state index contributed by atoms with van der Waals surface area (Å²) in [5.41, 5.74) is 0.294. The molecule has 5 nitrogen and oxygen atoms in total. The minimum Gasteiger partial charge on any atom is -0.367 e. The first-order valence-electron chi connectivity index (χ1n) is 8.15. The second-order valence-corrected chi connectivity index (χ2v) is 5.71. The molecule has 1 aromatic rings. The molecule has 2 N–H and O–H groups in total. The van der Waals surface area contributed by atoms with Crippen LogP contribution >= 0.6 is 0 Å². The minimum absolute atomic E-state index is 0.0868. The molecular weight excluding hydrogens is 266 g/mol. The van der Waals surface area contributed by atoms with E-state index >= 15 is 0 Å². The molecule has 5 heteroatoms. The summed E-state index contributed by atoms with van der Waals surface area (Å²) in [7, 11) is 0. The van der Waals surface area contributed by atoms with Gasteiger partial charge in [0.2, 0.25) is 0 Å². The predicted molar refractivity (Wildman–Crippen MR) is 83.2 cm³/mol. The normalized spacial score (nSPS) is 18.4. The molecule has 0 unspecified atom stereocenters. The van der Waals surface area contributed by atoms with Gasteiger partial charge in [0.25, 0.3) is 5.56 Å². The molecule has 0 spiro atoms. The SMILES string of the molecule is CCNCc1cc(=O)[nH]c(C2(OCC)CCCCCC2)n1. The Morgan fingerprint density at radius 1 is 1.29 bits per heavy atom. The molecule has 1 heterocycles. The lowest BCUT2D eigenvalue weighted by molar-refractivity contribution is -0.0627. The number of rotatable bonds is 6. The van der Waals surface area contributed by atoms with Gasteiger partial charge in [-0.25, -0.2) is 4.98 Å². The largest absolute Gasteiger partial charge is 0.367 e. The van der Waals surface area contributed by atoms with Crippen molar-refractivity contribution in [1.29, 1.82) is 0 Å². The number of aromatic amines is 1. The molecule has 0 bridgehead atoms. The van der Waals surface area contributed by atoms with Crippen molar-refractivity contribution in [2.24, 2.45) is 0 Å². The smallest absolute Gasteiger partial charge is 0.251 e. The van der Waals surface area contributed by atoms with E-state index in [1.54, 1.807) is 6.07 Å². The van der Waals surface area contributed by atoms with Crippen molar-refractivity contribution < 1.29 is 4.74 Å². The Hall–Kier alpha value is -1.20. The zero-order chi connectivity index (χ0) is 15.1. The lowest BCUT2D eigenvalue weighted by Crippen LogP contribution is -2.34. The van der Waals surface area contributed by atoms with Crippen LogP contribution in [0.2, 0.25) is 0 Å². The van der Waals surface area contributed by atoms with Gasteiger partial charge >= 0.3 is 0 Å². The van der Waals surface area contributed by atoms with E-state index in [2.05, 4.69) is 15.3 Å². The van der Waals surface area contributed by atoms with E-state index in [0.29, 0.717) is 19.0 Å². The van der Waals surface area contributed by atoms with Gasteiger partial charge in [-0.1, -0.05) is 32.6 Å². The molecule has 0 radical (unpaired) electrons. The molecule has 0 amide bonds. The Morgan fingerprint density at radius 2 is 2.00 bits per heavy atom. The number of hydrogen-bond donors (Lipinski definition) is 2. The van der Waals surface area contributed by atoms with Gasteiger partial charge in [-0.15, -0.1) is 0 Å². The highest BCUT2D eigenvalue weighted by atomic mass is 16.5. The molecule has 1 aromatic heterocycles. The maximum absolute atomic E-state index is 12.0. The van der Waals surface area contributed by atoms with E-state index in [4.69, 9.17) is 4.74 Å². The lowest BCUT2D eigenvalue weighted by Gasteiger charge is -2.31. The standard InChI is InChI=1S/C16H27N3O2/c1-3-17-12-13-11-14(20)19-15(18-13)16(21-4-2)9-7-5-6-8-10-16/h11,17H,3-10,12H2,1-2H3,(H,18,19,20). The number of nitrogens with zero attached hydrogens (tertiary/aromatic N) is 1. The number of aromatic nitrogens is 2. The van der Waals surface area contributed by atoms with E-state index in [0.717, 1.165) is 37.9 Å². The van der Waals surface area contributed by atoms with E-state index in [-0.39, 0.29) is 5.56 Å². The topological polar surface area (TPSA) is 67.0 Å². The van der Waals surface area contributed by atoms with Gasteiger partial charge in [-0.2, -0.15) is 0 Å². The second-order valence-electron chi connectivity index (χ2n) is 5.71. The highest BCUT2D eigenvalue weighted by molar-refractivity contribution is 5.10. The molecule has 1 aliphatic carbocycles. The summed E-state index contributed by atoms with van der Waals surface area (Å²) < 4.78 is 6.10. The molecule has 0 aromatic carbocycles. The van der Waals surface area contributed by atoms with Crippen LogP contribution in [0.25, 0.3) is 0 Å². The van der Waals surface area contributed by atoms with Crippen LogP contribution in [-0.2, 0) is 16.9 Å². The fourth-order valence-electron chi connectivity index (χ4n) is 3.09. The molecule has 1 aliphatic rings. The van der Waals surface area contributed by atoms with Crippen LogP contribution in [0.5, 0.6) is 0 Å². The van der Waals surface area contributed by atoms with Gasteiger partial charge in [0.15, 0.2) is 0 Å². The average Bonchev–Trinajstić information content (AvgIpc) is 2.71. The zero-order valence-electron chi connectivity index (χ0n) is 13.2. The number of ether oxygens (including phenoxy) is 1. The third-order valence-electron chi connectivity index (χ3n) is 4.11. The van der Waals surface area contributed by atoms with E-state index < -0.39 is 5.60 Å². The Labute approximate surface area is 126 Å². The van der Waals surface area contributed by atoms with Gasteiger partial charge in [0.1, 0.15) is 11.4 Å². The van der Waals surface area contributed by atoms with Gasteiger partial charge in [0.05, 0.1) is 5.69 Å².